The van der Waals surface area contributed by atoms with Gasteiger partial charge in [-0.3, -0.25) is 9.78 Å². The number of aliphatic hydroxyl groups is 1. The Balaban J connectivity index is 1.61. The van der Waals surface area contributed by atoms with E-state index in [4.69, 9.17) is 10.5 Å². The molecule has 0 bridgehead atoms. The van der Waals surface area contributed by atoms with Gasteiger partial charge in [0.2, 0.25) is 5.95 Å². The SMILES string of the molecule is Nc1nc2c(ncn2CCC(CO)COC(=O)c2ccccc2)c(=O)[nH]1. The van der Waals surface area contributed by atoms with E-state index in [1.165, 1.54) is 6.33 Å². The van der Waals surface area contributed by atoms with Gasteiger partial charge in [-0.05, 0) is 18.6 Å². The molecular formula is C17H19N5O4. The van der Waals surface area contributed by atoms with Crippen molar-refractivity contribution < 1.29 is 14.6 Å². The Hall–Kier alpha value is -3.20. The molecule has 1 aromatic carbocycles. The molecule has 3 aromatic rings. The number of hydrogen-bond acceptors (Lipinski definition) is 7. The van der Waals surface area contributed by atoms with Gasteiger partial charge in [-0.2, -0.15) is 4.98 Å². The number of nitrogens with two attached hydrogens (primary N) is 1. The van der Waals surface area contributed by atoms with Crippen LogP contribution in [0.2, 0.25) is 0 Å². The number of rotatable bonds is 7. The van der Waals surface area contributed by atoms with E-state index in [-0.39, 0.29) is 30.6 Å². The third kappa shape index (κ3) is 3.89. The van der Waals surface area contributed by atoms with Crippen LogP contribution in [0.1, 0.15) is 16.8 Å². The number of carbonyl (C=O) groups excluding carboxylic acids is 1. The summed E-state index contributed by atoms with van der Waals surface area (Å²) in [5, 5.41) is 9.53. The first-order chi connectivity index (χ1) is 12.6. The number of carbonyl (C=O) groups is 1. The molecular weight excluding hydrogens is 338 g/mol. The lowest BCUT2D eigenvalue weighted by Crippen LogP contribution is -2.19. The summed E-state index contributed by atoms with van der Waals surface area (Å²) in [6.07, 6.45) is 2.01. The minimum absolute atomic E-state index is 0.0137. The normalized spacial score (nSPS) is 12.2. The maximum absolute atomic E-state index is 12.0. The molecule has 1 unspecified atom stereocenters. The Morgan fingerprint density at radius 1 is 1.35 bits per heavy atom. The highest BCUT2D eigenvalue weighted by Crippen LogP contribution is 2.12. The minimum Gasteiger partial charge on any atom is -0.462 e. The number of esters is 1. The summed E-state index contributed by atoms with van der Waals surface area (Å²) in [6, 6.07) is 8.66. The van der Waals surface area contributed by atoms with Crippen LogP contribution in [-0.2, 0) is 11.3 Å². The standard InChI is InChI=1S/C17H19N5O4/c18-17-20-14-13(15(24)21-17)19-10-22(14)7-6-11(8-23)9-26-16(25)12-4-2-1-3-5-12/h1-5,10-11,23H,6-9H2,(H3,18,20,21,24). The summed E-state index contributed by atoms with van der Waals surface area (Å²) in [5.41, 5.74) is 6.21. The summed E-state index contributed by atoms with van der Waals surface area (Å²) in [7, 11) is 0. The van der Waals surface area contributed by atoms with Gasteiger partial charge in [-0.15, -0.1) is 0 Å². The number of hydrogen-bond donors (Lipinski definition) is 3. The zero-order chi connectivity index (χ0) is 18.5. The molecule has 0 spiro atoms. The third-order valence-corrected chi connectivity index (χ3v) is 3.99. The molecule has 4 N–H and O–H groups in total. The molecule has 2 aromatic heterocycles. The number of fused-ring (bicyclic) bond motifs is 1. The fourth-order valence-corrected chi connectivity index (χ4v) is 2.53. The average molecular weight is 357 g/mol. The lowest BCUT2D eigenvalue weighted by Gasteiger charge is -2.15. The minimum atomic E-state index is -0.432. The number of anilines is 1. The Morgan fingerprint density at radius 2 is 2.12 bits per heavy atom. The Bertz CT molecular complexity index is 951. The predicted molar refractivity (Wildman–Crippen MR) is 94.5 cm³/mol. The van der Waals surface area contributed by atoms with Gasteiger partial charge in [0.15, 0.2) is 11.2 Å². The third-order valence-electron chi connectivity index (χ3n) is 3.99. The largest absolute Gasteiger partial charge is 0.462 e. The first-order valence-electron chi connectivity index (χ1n) is 8.12. The second kappa shape index (κ2) is 7.79. The monoisotopic (exact) mass is 357 g/mol. The summed E-state index contributed by atoms with van der Waals surface area (Å²) < 4.78 is 6.95. The number of benzene rings is 1. The summed E-state index contributed by atoms with van der Waals surface area (Å²) >= 11 is 0. The molecule has 9 nitrogen and oxygen atoms in total. The second-order valence-electron chi connectivity index (χ2n) is 5.86. The lowest BCUT2D eigenvalue weighted by molar-refractivity contribution is 0.0373. The molecule has 0 fully saturated rings. The van der Waals surface area contributed by atoms with Crippen molar-refractivity contribution in [2.24, 2.45) is 5.92 Å². The number of aromatic nitrogens is 4. The lowest BCUT2D eigenvalue weighted by atomic mass is 10.1. The van der Waals surface area contributed by atoms with E-state index in [1.807, 2.05) is 6.07 Å². The van der Waals surface area contributed by atoms with Gasteiger partial charge in [-0.1, -0.05) is 18.2 Å². The molecule has 1 atom stereocenters. The van der Waals surface area contributed by atoms with E-state index >= 15 is 0 Å². The molecule has 0 aliphatic carbocycles. The Morgan fingerprint density at radius 3 is 2.85 bits per heavy atom. The number of imidazole rings is 1. The van der Waals surface area contributed by atoms with Crippen molar-refractivity contribution in [3.8, 4) is 0 Å². The Labute approximate surface area is 148 Å². The zero-order valence-electron chi connectivity index (χ0n) is 14.0. The van der Waals surface area contributed by atoms with E-state index in [0.29, 0.717) is 24.2 Å². The molecule has 9 heteroatoms. The summed E-state index contributed by atoms with van der Waals surface area (Å²) in [4.78, 5) is 34.2. The molecule has 26 heavy (non-hydrogen) atoms. The fourth-order valence-electron chi connectivity index (χ4n) is 2.53. The number of nitrogens with one attached hydrogen (secondary N) is 1. The number of nitrogen functional groups attached to an aromatic ring is 1. The van der Waals surface area contributed by atoms with Gasteiger partial charge in [0, 0.05) is 19.1 Å². The van der Waals surface area contributed by atoms with Gasteiger partial charge >= 0.3 is 5.97 Å². The topological polar surface area (TPSA) is 136 Å². The number of H-pyrrole nitrogens is 1. The van der Waals surface area contributed by atoms with Crippen LogP contribution in [0.15, 0.2) is 41.5 Å². The van der Waals surface area contributed by atoms with Crippen molar-refractivity contribution in [3.63, 3.8) is 0 Å². The molecule has 0 radical (unpaired) electrons. The van der Waals surface area contributed by atoms with Crippen molar-refractivity contribution in [2.45, 2.75) is 13.0 Å². The quantitative estimate of drug-likeness (QED) is 0.525. The maximum Gasteiger partial charge on any atom is 0.338 e. The van der Waals surface area contributed by atoms with Crippen molar-refractivity contribution in [2.75, 3.05) is 18.9 Å². The van der Waals surface area contributed by atoms with Crippen LogP contribution in [0.25, 0.3) is 11.2 Å². The number of ether oxygens (including phenoxy) is 1. The summed E-state index contributed by atoms with van der Waals surface area (Å²) in [6.45, 7) is 0.401. The van der Waals surface area contributed by atoms with Gasteiger partial charge < -0.3 is 20.1 Å². The first-order valence-corrected chi connectivity index (χ1v) is 8.12. The number of aromatic amines is 1. The molecule has 0 saturated heterocycles. The van der Waals surface area contributed by atoms with Crippen molar-refractivity contribution >= 4 is 23.1 Å². The van der Waals surface area contributed by atoms with Crippen LogP contribution < -0.4 is 11.3 Å². The highest BCUT2D eigenvalue weighted by Gasteiger charge is 2.15. The van der Waals surface area contributed by atoms with Crippen LogP contribution in [0.3, 0.4) is 0 Å². The highest BCUT2D eigenvalue weighted by atomic mass is 16.5. The molecule has 0 saturated carbocycles. The van der Waals surface area contributed by atoms with Crippen LogP contribution in [0.4, 0.5) is 5.95 Å². The molecule has 3 rings (SSSR count). The zero-order valence-corrected chi connectivity index (χ0v) is 14.0. The van der Waals surface area contributed by atoms with E-state index in [0.717, 1.165) is 0 Å². The van der Waals surface area contributed by atoms with Crippen LogP contribution in [0.5, 0.6) is 0 Å². The van der Waals surface area contributed by atoms with Crippen LogP contribution >= 0.6 is 0 Å². The molecule has 2 heterocycles. The fraction of sp³-hybridized carbons (Fsp3) is 0.294. The molecule has 0 aliphatic rings. The van der Waals surface area contributed by atoms with Crippen molar-refractivity contribution in [1.82, 2.24) is 19.5 Å². The maximum atomic E-state index is 12.0. The van der Waals surface area contributed by atoms with Crippen molar-refractivity contribution in [3.05, 3.63) is 52.6 Å². The molecule has 136 valence electrons. The second-order valence-corrected chi connectivity index (χ2v) is 5.86. The summed E-state index contributed by atoms with van der Waals surface area (Å²) in [5.74, 6) is -0.669. The van der Waals surface area contributed by atoms with E-state index in [1.54, 1.807) is 28.8 Å². The highest BCUT2D eigenvalue weighted by molar-refractivity contribution is 5.89. The van der Waals surface area contributed by atoms with E-state index < -0.39 is 11.5 Å². The van der Waals surface area contributed by atoms with Gasteiger partial charge in [0.05, 0.1) is 18.5 Å². The van der Waals surface area contributed by atoms with Crippen molar-refractivity contribution in [1.29, 1.82) is 0 Å². The molecule has 0 amide bonds. The first kappa shape index (κ1) is 17.6. The Kier molecular flexibility index (Phi) is 5.28. The number of aliphatic hydroxyl groups excluding tert-OH is 1. The van der Waals surface area contributed by atoms with Crippen LogP contribution in [0, 0.1) is 5.92 Å². The van der Waals surface area contributed by atoms with Gasteiger partial charge in [0.1, 0.15) is 0 Å². The smallest absolute Gasteiger partial charge is 0.338 e. The average Bonchev–Trinajstić information content (AvgIpc) is 3.05. The van der Waals surface area contributed by atoms with E-state index in [9.17, 15) is 14.7 Å². The number of nitrogens with zero attached hydrogens (tertiary/aromatic N) is 3. The number of aryl methyl sites for hydroxylation is 1. The van der Waals surface area contributed by atoms with E-state index in [2.05, 4.69) is 15.0 Å². The van der Waals surface area contributed by atoms with Gasteiger partial charge in [0.25, 0.3) is 5.56 Å². The van der Waals surface area contributed by atoms with Crippen LogP contribution in [-0.4, -0.2) is 43.8 Å². The predicted octanol–water partition coefficient (Wildman–Crippen LogP) is 0.557. The molecule has 0 aliphatic heterocycles. The van der Waals surface area contributed by atoms with Gasteiger partial charge in [-0.25, -0.2) is 9.78 Å².